The van der Waals surface area contributed by atoms with Gasteiger partial charge in [0.05, 0.1) is 35.4 Å². The van der Waals surface area contributed by atoms with Crippen molar-refractivity contribution in [1.82, 2.24) is 10.6 Å². The lowest BCUT2D eigenvalue weighted by atomic mass is 10.00. The summed E-state index contributed by atoms with van der Waals surface area (Å²) < 4.78 is 16.3. The summed E-state index contributed by atoms with van der Waals surface area (Å²) in [4.78, 5) is 37.4. The molecule has 43 heavy (non-hydrogen) atoms. The van der Waals surface area contributed by atoms with E-state index in [4.69, 9.17) is 37.1 Å². The standard InChI is InChI=1S/C31H44Cl2N2O7Si/c1-30(2,3)41-29(39)34-18-24(28(38)40-7)35-27(37)26-22(32)16-20(17-23(26)33)25(36)14-13-19-11-10-12-21(15-19)42-43(8,9)31(4,5)6/h10-12,15-17,24-25,36H,13-14,18H2,1-9H3,(H,34,39)(H,35,37). The summed E-state index contributed by atoms with van der Waals surface area (Å²) in [6.45, 7) is 15.7. The highest BCUT2D eigenvalue weighted by Gasteiger charge is 2.39. The number of amides is 2. The number of esters is 1. The molecule has 0 saturated carbocycles. The van der Waals surface area contributed by atoms with Crippen LogP contribution in [0.5, 0.6) is 5.75 Å². The van der Waals surface area contributed by atoms with Gasteiger partial charge in [0.25, 0.3) is 5.91 Å². The number of aliphatic hydroxyl groups excluding tert-OH is 1. The van der Waals surface area contributed by atoms with Crippen molar-refractivity contribution < 1.29 is 33.4 Å². The van der Waals surface area contributed by atoms with E-state index in [-0.39, 0.29) is 27.2 Å². The third-order valence-corrected chi connectivity index (χ3v) is 12.1. The molecule has 3 N–H and O–H groups in total. The van der Waals surface area contributed by atoms with E-state index in [2.05, 4.69) is 44.5 Å². The summed E-state index contributed by atoms with van der Waals surface area (Å²) in [6, 6.07) is 9.56. The predicted octanol–water partition coefficient (Wildman–Crippen LogP) is 6.84. The summed E-state index contributed by atoms with van der Waals surface area (Å²) >= 11 is 12.9. The molecular weight excluding hydrogens is 611 g/mol. The molecule has 9 nitrogen and oxygen atoms in total. The number of hydrogen-bond acceptors (Lipinski definition) is 7. The van der Waals surface area contributed by atoms with Crippen LogP contribution in [0, 0.1) is 0 Å². The summed E-state index contributed by atoms with van der Waals surface area (Å²) in [5.41, 5.74) is 0.625. The minimum absolute atomic E-state index is 0.00691. The van der Waals surface area contributed by atoms with Crippen molar-refractivity contribution in [3.05, 3.63) is 63.1 Å². The van der Waals surface area contributed by atoms with E-state index < -0.39 is 44.0 Å². The van der Waals surface area contributed by atoms with Crippen molar-refractivity contribution in [2.75, 3.05) is 13.7 Å². The fraction of sp³-hybridized carbons (Fsp3) is 0.516. The fourth-order valence-corrected chi connectivity index (χ4v) is 5.45. The maximum Gasteiger partial charge on any atom is 0.407 e. The number of methoxy groups -OCH3 is 1. The van der Waals surface area contributed by atoms with E-state index in [0.717, 1.165) is 18.4 Å². The summed E-state index contributed by atoms with van der Waals surface area (Å²) in [5.74, 6) is -0.731. The number of hydrogen-bond donors (Lipinski definition) is 3. The Labute approximate surface area is 265 Å². The summed E-state index contributed by atoms with van der Waals surface area (Å²) in [6.07, 6.45) is -0.723. The number of halogens is 2. The Morgan fingerprint density at radius 2 is 1.60 bits per heavy atom. The van der Waals surface area contributed by atoms with Crippen molar-refractivity contribution in [2.45, 2.75) is 90.3 Å². The Balaban J connectivity index is 2.11. The fourth-order valence-electron chi connectivity index (χ4n) is 3.75. The van der Waals surface area contributed by atoms with Gasteiger partial charge in [-0.3, -0.25) is 4.79 Å². The lowest BCUT2D eigenvalue weighted by molar-refractivity contribution is -0.142. The molecule has 0 bridgehead atoms. The molecule has 2 amide bonds. The molecule has 2 aromatic carbocycles. The number of carbonyl (C=O) groups excluding carboxylic acids is 3. The van der Waals surface area contributed by atoms with Crippen molar-refractivity contribution >= 4 is 49.5 Å². The second-order valence-electron chi connectivity index (χ2n) is 12.9. The molecule has 2 atom stereocenters. The van der Waals surface area contributed by atoms with Crippen LogP contribution in [0.2, 0.25) is 28.2 Å². The Bertz CT molecular complexity index is 1280. The lowest BCUT2D eigenvalue weighted by Gasteiger charge is -2.36. The Morgan fingerprint density at radius 3 is 2.14 bits per heavy atom. The van der Waals surface area contributed by atoms with Crippen LogP contribution >= 0.6 is 23.2 Å². The molecule has 0 aliphatic rings. The zero-order valence-electron chi connectivity index (χ0n) is 26.4. The molecule has 12 heteroatoms. The van der Waals surface area contributed by atoms with Crippen LogP contribution in [0.4, 0.5) is 4.79 Å². The first-order chi connectivity index (χ1) is 19.7. The van der Waals surface area contributed by atoms with Gasteiger partial charge < -0.3 is 29.6 Å². The first-order valence-electron chi connectivity index (χ1n) is 14.0. The molecular formula is C31H44Cl2N2O7Si. The lowest BCUT2D eigenvalue weighted by Crippen LogP contribution is -2.49. The zero-order chi connectivity index (χ0) is 32.8. The quantitative estimate of drug-likeness (QED) is 0.179. The van der Waals surface area contributed by atoms with E-state index in [1.807, 2.05) is 24.3 Å². The van der Waals surface area contributed by atoms with E-state index in [1.165, 1.54) is 12.1 Å². The number of nitrogens with one attached hydrogen (secondary N) is 2. The maximum absolute atomic E-state index is 13.1. The van der Waals surface area contributed by atoms with Gasteiger partial charge in [0.1, 0.15) is 17.4 Å². The number of carbonyl (C=O) groups is 3. The van der Waals surface area contributed by atoms with Crippen LogP contribution in [0.3, 0.4) is 0 Å². The average molecular weight is 656 g/mol. The highest BCUT2D eigenvalue weighted by atomic mass is 35.5. The summed E-state index contributed by atoms with van der Waals surface area (Å²) in [7, 11) is -0.837. The third-order valence-electron chi connectivity index (χ3n) is 7.10. The molecule has 2 unspecified atom stereocenters. The Kier molecular flexibility index (Phi) is 12.5. The van der Waals surface area contributed by atoms with Crippen LogP contribution in [-0.2, 0) is 20.7 Å². The Hall–Kier alpha value is -2.79. The molecule has 0 aromatic heterocycles. The smallest absolute Gasteiger partial charge is 0.407 e. The second kappa shape index (κ2) is 14.8. The van der Waals surface area contributed by atoms with E-state index in [1.54, 1.807) is 20.8 Å². The summed E-state index contributed by atoms with van der Waals surface area (Å²) in [5, 5.41) is 15.9. The number of rotatable bonds is 11. The SMILES string of the molecule is COC(=O)C(CNC(=O)OC(C)(C)C)NC(=O)c1c(Cl)cc(C(O)CCc2cccc(O[Si](C)(C)C(C)(C)C)c2)cc1Cl. The van der Waals surface area contributed by atoms with Crippen LogP contribution in [-0.4, -0.2) is 56.7 Å². The Morgan fingerprint density at radius 1 is 1.00 bits per heavy atom. The number of aryl methyl sites for hydroxylation is 1. The van der Waals surface area contributed by atoms with Gasteiger partial charge in [0, 0.05) is 0 Å². The molecule has 238 valence electrons. The molecule has 0 saturated heterocycles. The first kappa shape index (κ1) is 36.4. The average Bonchev–Trinajstić information content (AvgIpc) is 2.87. The van der Waals surface area contributed by atoms with Crippen molar-refractivity contribution in [3.8, 4) is 5.75 Å². The van der Waals surface area contributed by atoms with Crippen LogP contribution in [0.1, 0.15) is 75.6 Å². The molecule has 2 rings (SSSR count). The maximum atomic E-state index is 13.1. The van der Waals surface area contributed by atoms with Gasteiger partial charge in [-0.1, -0.05) is 56.1 Å². The number of benzene rings is 2. The van der Waals surface area contributed by atoms with Gasteiger partial charge in [0.15, 0.2) is 0 Å². The molecule has 0 heterocycles. The van der Waals surface area contributed by atoms with Gasteiger partial charge in [0.2, 0.25) is 8.32 Å². The van der Waals surface area contributed by atoms with Gasteiger partial charge in [-0.05, 0) is 87.1 Å². The molecule has 2 aromatic rings. The van der Waals surface area contributed by atoms with Crippen LogP contribution < -0.4 is 15.1 Å². The van der Waals surface area contributed by atoms with Gasteiger partial charge >= 0.3 is 12.1 Å². The number of alkyl carbamates (subject to hydrolysis) is 1. The minimum Gasteiger partial charge on any atom is -0.543 e. The van der Waals surface area contributed by atoms with Gasteiger partial charge in [-0.25, -0.2) is 9.59 Å². The number of ether oxygens (including phenoxy) is 2. The van der Waals surface area contributed by atoms with Crippen molar-refractivity contribution in [1.29, 1.82) is 0 Å². The molecule has 0 aliphatic heterocycles. The molecule has 0 aliphatic carbocycles. The van der Waals surface area contributed by atoms with E-state index >= 15 is 0 Å². The third kappa shape index (κ3) is 11.0. The first-order valence-corrected chi connectivity index (χ1v) is 17.7. The monoisotopic (exact) mass is 654 g/mol. The normalized spacial score (nSPS) is 13.5. The number of aliphatic hydroxyl groups is 1. The molecule has 0 fully saturated rings. The highest BCUT2D eigenvalue weighted by Crippen LogP contribution is 2.37. The largest absolute Gasteiger partial charge is 0.543 e. The topological polar surface area (TPSA) is 123 Å². The highest BCUT2D eigenvalue weighted by molar-refractivity contribution is 6.74. The second-order valence-corrected chi connectivity index (χ2v) is 18.4. The zero-order valence-corrected chi connectivity index (χ0v) is 28.9. The van der Waals surface area contributed by atoms with E-state index in [0.29, 0.717) is 18.4 Å². The van der Waals surface area contributed by atoms with Crippen molar-refractivity contribution in [2.24, 2.45) is 0 Å². The van der Waals surface area contributed by atoms with E-state index in [9.17, 15) is 19.5 Å². The van der Waals surface area contributed by atoms with Crippen LogP contribution in [0.25, 0.3) is 0 Å². The predicted molar refractivity (Wildman–Crippen MR) is 172 cm³/mol. The molecule has 0 radical (unpaired) electrons. The molecule has 0 spiro atoms. The van der Waals surface area contributed by atoms with Crippen LogP contribution in [0.15, 0.2) is 36.4 Å². The minimum atomic E-state index is -1.99. The van der Waals surface area contributed by atoms with Gasteiger partial charge in [-0.2, -0.15) is 0 Å². The van der Waals surface area contributed by atoms with Crippen molar-refractivity contribution in [3.63, 3.8) is 0 Å². The van der Waals surface area contributed by atoms with Gasteiger partial charge in [-0.15, -0.1) is 0 Å².